The molecule has 2 aromatic rings. The SMILES string of the molecule is COCCCN1C(=O)CC[C@H]2CN(Cc3c(C)nc4ccccn34)CC[C@H]21. The normalized spacial score (nSPS) is 23.8. The van der Waals surface area contributed by atoms with Crippen LogP contribution in [0.5, 0.6) is 0 Å². The predicted octanol–water partition coefficient (Wildman–Crippen LogP) is 2.49. The number of fused-ring (bicyclic) bond motifs is 2. The van der Waals surface area contributed by atoms with Gasteiger partial charge in [-0.25, -0.2) is 4.98 Å². The quantitative estimate of drug-likeness (QED) is 0.733. The van der Waals surface area contributed by atoms with Crippen molar-refractivity contribution in [1.82, 2.24) is 19.2 Å². The second-order valence-electron chi connectivity index (χ2n) is 7.90. The lowest BCUT2D eigenvalue weighted by molar-refractivity contribution is -0.141. The lowest BCUT2D eigenvalue weighted by Crippen LogP contribution is -2.56. The Kier molecular flexibility index (Phi) is 5.45. The third-order valence-corrected chi connectivity index (χ3v) is 6.18. The van der Waals surface area contributed by atoms with Crippen molar-refractivity contribution in [1.29, 1.82) is 0 Å². The van der Waals surface area contributed by atoms with E-state index < -0.39 is 0 Å². The zero-order chi connectivity index (χ0) is 18.8. The lowest BCUT2D eigenvalue weighted by Gasteiger charge is -2.47. The van der Waals surface area contributed by atoms with Gasteiger partial charge in [0.2, 0.25) is 5.91 Å². The summed E-state index contributed by atoms with van der Waals surface area (Å²) in [4.78, 5) is 21.8. The van der Waals surface area contributed by atoms with Crippen molar-refractivity contribution in [3.8, 4) is 0 Å². The fourth-order valence-corrected chi connectivity index (χ4v) is 4.81. The molecule has 0 spiro atoms. The number of pyridine rings is 1. The molecular weight excluding hydrogens is 340 g/mol. The Bertz CT molecular complexity index is 803. The van der Waals surface area contributed by atoms with Crippen molar-refractivity contribution >= 4 is 11.6 Å². The van der Waals surface area contributed by atoms with Crippen LogP contribution in [0.15, 0.2) is 24.4 Å². The van der Waals surface area contributed by atoms with Crippen molar-refractivity contribution in [2.75, 3.05) is 33.4 Å². The number of hydrogen-bond acceptors (Lipinski definition) is 4. The van der Waals surface area contributed by atoms with Gasteiger partial charge in [0.1, 0.15) is 5.65 Å². The van der Waals surface area contributed by atoms with Crippen LogP contribution in [0.4, 0.5) is 0 Å². The number of imidazole rings is 1. The zero-order valence-corrected chi connectivity index (χ0v) is 16.4. The Morgan fingerprint density at radius 3 is 3.04 bits per heavy atom. The predicted molar refractivity (Wildman–Crippen MR) is 105 cm³/mol. The maximum Gasteiger partial charge on any atom is 0.222 e. The highest BCUT2D eigenvalue weighted by molar-refractivity contribution is 5.77. The van der Waals surface area contributed by atoms with Crippen LogP contribution in [0.2, 0.25) is 0 Å². The highest BCUT2D eigenvalue weighted by Crippen LogP contribution is 2.32. The molecule has 2 aliphatic heterocycles. The molecule has 4 heterocycles. The molecule has 2 saturated heterocycles. The molecule has 2 atom stereocenters. The summed E-state index contributed by atoms with van der Waals surface area (Å²) in [5.41, 5.74) is 3.42. The molecule has 6 heteroatoms. The van der Waals surface area contributed by atoms with Gasteiger partial charge in [0.15, 0.2) is 0 Å². The second-order valence-corrected chi connectivity index (χ2v) is 7.90. The van der Waals surface area contributed by atoms with E-state index >= 15 is 0 Å². The van der Waals surface area contributed by atoms with Gasteiger partial charge in [-0.15, -0.1) is 0 Å². The zero-order valence-electron chi connectivity index (χ0n) is 16.4. The van der Waals surface area contributed by atoms with Gasteiger partial charge in [-0.1, -0.05) is 6.07 Å². The number of methoxy groups -OCH3 is 1. The molecule has 2 aromatic heterocycles. The van der Waals surface area contributed by atoms with Gasteiger partial charge >= 0.3 is 0 Å². The van der Waals surface area contributed by atoms with E-state index in [0.717, 1.165) is 63.4 Å². The highest BCUT2D eigenvalue weighted by atomic mass is 16.5. The number of aromatic nitrogens is 2. The average molecular weight is 370 g/mol. The summed E-state index contributed by atoms with van der Waals surface area (Å²) >= 11 is 0. The summed E-state index contributed by atoms with van der Waals surface area (Å²) in [6, 6.07) is 6.57. The maximum absolute atomic E-state index is 12.4. The molecule has 1 amide bonds. The number of carbonyl (C=O) groups is 1. The molecule has 6 nitrogen and oxygen atoms in total. The third-order valence-electron chi connectivity index (χ3n) is 6.18. The number of amides is 1. The molecule has 0 aromatic carbocycles. The fraction of sp³-hybridized carbons (Fsp3) is 0.619. The van der Waals surface area contributed by atoms with E-state index in [9.17, 15) is 4.79 Å². The molecule has 4 rings (SSSR count). The van der Waals surface area contributed by atoms with Crippen molar-refractivity contribution < 1.29 is 9.53 Å². The van der Waals surface area contributed by atoms with Crippen LogP contribution >= 0.6 is 0 Å². The van der Waals surface area contributed by atoms with Gasteiger partial charge in [0, 0.05) is 58.6 Å². The largest absolute Gasteiger partial charge is 0.385 e. The smallest absolute Gasteiger partial charge is 0.222 e. The maximum atomic E-state index is 12.4. The summed E-state index contributed by atoms with van der Waals surface area (Å²) in [5.74, 6) is 0.914. The molecule has 2 fully saturated rings. The number of rotatable bonds is 6. The van der Waals surface area contributed by atoms with Crippen LogP contribution in [0.3, 0.4) is 0 Å². The standard InChI is InChI=1S/C21H30N4O2/c1-16-19(24-10-4-3-6-20(24)22-16)15-23-12-9-18-17(14-23)7-8-21(26)25(18)11-5-13-27-2/h3-4,6,10,17-18H,5,7-9,11-15H2,1-2H3/t17-,18+/m0/s1. The first-order valence-corrected chi connectivity index (χ1v) is 10.1. The van der Waals surface area contributed by atoms with E-state index in [1.54, 1.807) is 7.11 Å². The third kappa shape index (κ3) is 3.73. The van der Waals surface area contributed by atoms with E-state index in [4.69, 9.17) is 9.72 Å². The van der Waals surface area contributed by atoms with Gasteiger partial charge in [0.05, 0.1) is 11.4 Å². The van der Waals surface area contributed by atoms with Gasteiger partial charge in [-0.05, 0) is 44.2 Å². The summed E-state index contributed by atoms with van der Waals surface area (Å²) in [6.07, 6.45) is 5.81. The van der Waals surface area contributed by atoms with E-state index in [-0.39, 0.29) is 0 Å². The number of piperidine rings is 2. The first kappa shape index (κ1) is 18.4. The van der Waals surface area contributed by atoms with Crippen molar-refractivity contribution in [3.63, 3.8) is 0 Å². The minimum Gasteiger partial charge on any atom is -0.385 e. The molecule has 27 heavy (non-hydrogen) atoms. The number of ether oxygens (including phenoxy) is 1. The number of nitrogens with zero attached hydrogens (tertiary/aromatic N) is 4. The molecule has 0 N–H and O–H groups in total. The minimum absolute atomic E-state index is 0.332. The topological polar surface area (TPSA) is 50.1 Å². The molecule has 0 radical (unpaired) electrons. The Morgan fingerprint density at radius 1 is 1.30 bits per heavy atom. The highest BCUT2D eigenvalue weighted by Gasteiger charge is 2.39. The van der Waals surface area contributed by atoms with Crippen molar-refractivity contribution in [2.45, 2.75) is 45.2 Å². The lowest BCUT2D eigenvalue weighted by atomic mass is 9.83. The Hall–Kier alpha value is -1.92. The van der Waals surface area contributed by atoms with Gasteiger partial charge in [-0.2, -0.15) is 0 Å². The van der Waals surface area contributed by atoms with E-state index in [0.29, 0.717) is 24.3 Å². The minimum atomic E-state index is 0.332. The van der Waals surface area contributed by atoms with Crippen LogP contribution in [-0.4, -0.2) is 64.5 Å². The van der Waals surface area contributed by atoms with E-state index in [1.807, 2.05) is 6.07 Å². The Labute approximate surface area is 161 Å². The molecular formula is C21H30N4O2. The number of carbonyl (C=O) groups excluding carboxylic acids is 1. The van der Waals surface area contributed by atoms with E-state index in [2.05, 4.69) is 39.5 Å². The Balaban J connectivity index is 1.44. The number of hydrogen-bond donors (Lipinski definition) is 0. The molecule has 0 bridgehead atoms. The summed E-state index contributed by atoms with van der Waals surface area (Å²) in [6.45, 7) is 6.69. The van der Waals surface area contributed by atoms with Crippen molar-refractivity contribution in [2.24, 2.45) is 5.92 Å². The first-order chi connectivity index (χ1) is 13.2. The Morgan fingerprint density at radius 2 is 2.19 bits per heavy atom. The van der Waals surface area contributed by atoms with Crippen molar-refractivity contribution in [3.05, 3.63) is 35.8 Å². The van der Waals surface area contributed by atoms with Gasteiger partial charge in [0.25, 0.3) is 0 Å². The molecule has 146 valence electrons. The summed E-state index contributed by atoms with van der Waals surface area (Å²) < 4.78 is 7.38. The first-order valence-electron chi connectivity index (χ1n) is 10.1. The van der Waals surface area contributed by atoms with Gasteiger partial charge in [-0.3, -0.25) is 9.69 Å². The van der Waals surface area contributed by atoms with Gasteiger partial charge < -0.3 is 14.0 Å². The van der Waals surface area contributed by atoms with Crippen LogP contribution in [-0.2, 0) is 16.1 Å². The molecule has 0 saturated carbocycles. The second kappa shape index (κ2) is 7.98. The summed E-state index contributed by atoms with van der Waals surface area (Å²) in [7, 11) is 1.72. The monoisotopic (exact) mass is 370 g/mol. The van der Waals surface area contributed by atoms with Crippen LogP contribution < -0.4 is 0 Å². The van der Waals surface area contributed by atoms with Crippen LogP contribution in [0.25, 0.3) is 5.65 Å². The molecule has 2 aliphatic rings. The molecule has 0 unspecified atom stereocenters. The van der Waals surface area contributed by atoms with E-state index in [1.165, 1.54) is 5.69 Å². The van der Waals surface area contributed by atoms with Crippen LogP contribution in [0.1, 0.15) is 37.1 Å². The average Bonchev–Trinajstić information content (AvgIpc) is 2.99. The number of aryl methyl sites for hydroxylation is 1. The molecule has 0 aliphatic carbocycles. The van der Waals surface area contributed by atoms with Crippen LogP contribution in [0, 0.1) is 12.8 Å². The summed E-state index contributed by atoms with van der Waals surface area (Å²) in [5, 5.41) is 0. The number of likely N-dealkylation sites (tertiary alicyclic amines) is 2. The fourth-order valence-electron chi connectivity index (χ4n) is 4.81.